The van der Waals surface area contributed by atoms with Gasteiger partial charge in [0.2, 0.25) is 0 Å². The van der Waals surface area contributed by atoms with Crippen molar-refractivity contribution in [2.24, 2.45) is 0 Å². The largest absolute Gasteiger partial charge is 0.468 e. The van der Waals surface area contributed by atoms with Gasteiger partial charge in [0.1, 0.15) is 6.04 Å². The van der Waals surface area contributed by atoms with Gasteiger partial charge >= 0.3 is 5.97 Å². The van der Waals surface area contributed by atoms with Crippen molar-refractivity contribution in [1.29, 1.82) is 0 Å². The van der Waals surface area contributed by atoms with Crippen molar-refractivity contribution in [3.05, 3.63) is 29.8 Å². The summed E-state index contributed by atoms with van der Waals surface area (Å²) in [4.78, 5) is 12.5. The molecule has 0 saturated heterocycles. The van der Waals surface area contributed by atoms with Gasteiger partial charge in [-0.15, -0.1) is 11.8 Å². The van der Waals surface area contributed by atoms with Gasteiger partial charge in [-0.05, 0) is 37.8 Å². The molecule has 2 atom stereocenters. The van der Waals surface area contributed by atoms with Gasteiger partial charge in [0.05, 0.1) is 7.11 Å². The second kappa shape index (κ2) is 6.67. The van der Waals surface area contributed by atoms with Crippen LogP contribution < -0.4 is 5.32 Å². The second-order valence-electron chi connectivity index (χ2n) is 3.91. The van der Waals surface area contributed by atoms with Crippen LogP contribution in [-0.4, -0.2) is 25.4 Å². The number of carbonyl (C=O) groups excluding carboxylic acids is 1. The number of hydrogen-bond acceptors (Lipinski definition) is 4. The van der Waals surface area contributed by atoms with Gasteiger partial charge in [-0.3, -0.25) is 10.1 Å². The average molecular weight is 253 g/mol. The number of carbonyl (C=O) groups is 1. The van der Waals surface area contributed by atoms with Crippen LogP contribution in [0, 0.1) is 0 Å². The second-order valence-corrected chi connectivity index (χ2v) is 4.79. The van der Waals surface area contributed by atoms with Crippen LogP contribution in [0.5, 0.6) is 0 Å². The summed E-state index contributed by atoms with van der Waals surface area (Å²) in [5, 5.41) is 3.20. The molecule has 0 saturated carbocycles. The van der Waals surface area contributed by atoms with Crippen LogP contribution in [0.4, 0.5) is 0 Å². The van der Waals surface area contributed by atoms with Gasteiger partial charge in [-0.1, -0.05) is 12.1 Å². The zero-order valence-electron chi connectivity index (χ0n) is 10.7. The molecule has 0 bridgehead atoms. The number of benzene rings is 1. The molecule has 1 N–H and O–H groups in total. The highest BCUT2D eigenvalue weighted by Gasteiger charge is 2.16. The predicted molar refractivity (Wildman–Crippen MR) is 71.3 cm³/mol. The lowest BCUT2D eigenvalue weighted by atomic mass is 10.1. The third kappa shape index (κ3) is 4.06. The van der Waals surface area contributed by atoms with E-state index < -0.39 is 0 Å². The lowest BCUT2D eigenvalue weighted by Crippen LogP contribution is -2.36. The third-order valence-electron chi connectivity index (χ3n) is 2.67. The standard InChI is InChI=1S/C13H19NO2S/c1-9(14-10(2)13(15)16-3)11-5-7-12(17-4)8-6-11/h5-10,14H,1-4H3. The van der Waals surface area contributed by atoms with Crippen molar-refractivity contribution in [1.82, 2.24) is 5.32 Å². The monoisotopic (exact) mass is 253 g/mol. The molecule has 0 aliphatic rings. The molecule has 94 valence electrons. The van der Waals surface area contributed by atoms with E-state index in [1.54, 1.807) is 18.7 Å². The van der Waals surface area contributed by atoms with Crippen LogP contribution in [-0.2, 0) is 9.53 Å². The number of hydrogen-bond donors (Lipinski definition) is 1. The molecular formula is C13H19NO2S. The lowest BCUT2D eigenvalue weighted by Gasteiger charge is -2.18. The highest BCUT2D eigenvalue weighted by atomic mass is 32.2. The topological polar surface area (TPSA) is 38.3 Å². The summed E-state index contributed by atoms with van der Waals surface area (Å²) in [6, 6.07) is 8.15. The Kier molecular flexibility index (Phi) is 5.51. The molecule has 17 heavy (non-hydrogen) atoms. The Hall–Kier alpha value is -1.00. The summed E-state index contributed by atoms with van der Waals surface area (Å²) >= 11 is 1.72. The van der Waals surface area contributed by atoms with E-state index in [0.29, 0.717) is 0 Å². The summed E-state index contributed by atoms with van der Waals surface area (Å²) in [6.45, 7) is 3.84. The molecule has 0 amide bonds. The van der Waals surface area contributed by atoms with E-state index in [9.17, 15) is 4.79 Å². The minimum Gasteiger partial charge on any atom is -0.468 e. The molecule has 0 aromatic heterocycles. The number of nitrogens with one attached hydrogen (secondary N) is 1. The summed E-state index contributed by atoms with van der Waals surface area (Å²) in [6.07, 6.45) is 2.05. The van der Waals surface area contributed by atoms with Crippen molar-refractivity contribution in [3.8, 4) is 0 Å². The normalized spacial score (nSPS) is 14.1. The van der Waals surface area contributed by atoms with E-state index in [-0.39, 0.29) is 18.1 Å². The highest BCUT2D eigenvalue weighted by Crippen LogP contribution is 2.19. The molecule has 0 radical (unpaired) electrons. The predicted octanol–water partition coefficient (Wildman–Crippen LogP) is 2.62. The van der Waals surface area contributed by atoms with E-state index in [0.717, 1.165) is 0 Å². The fourth-order valence-corrected chi connectivity index (χ4v) is 2.02. The molecule has 1 rings (SSSR count). The van der Waals surface area contributed by atoms with E-state index in [1.807, 2.05) is 6.92 Å². The maximum atomic E-state index is 11.3. The fraction of sp³-hybridized carbons (Fsp3) is 0.462. The first kappa shape index (κ1) is 14.1. The van der Waals surface area contributed by atoms with Gasteiger partial charge in [-0.2, -0.15) is 0 Å². The quantitative estimate of drug-likeness (QED) is 0.646. The molecular weight excluding hydrogens is 234 g/mol. The van der Waals surface area contributed by atoms with E-state index in [4.69, 9.17) is 0 Å². The van der Waals surface area contributed by atoms with Crippen molar-refractivity contribution in [2.45, 2.75) is 30.8 Å². The molecule has 3 nitrogen and oxygen atoms in total. The van der Waals surface area contributed by atoms with Crippen LogP contribution in [0.3, 0.4) is 0 Å². The highest BCUT2D eigenvalue weighted by molar-refractivity contribution is 7.98. The van der Waals surface area contributed by atoms with Crippen molar-refractivity contribution in [2.75, 3.05) is 13.4 Å². The zero-order valence-corrected chi connectivity index (χ0v) is 11.5. The average Bonchev–Trinajstić information content (AvgIpc) is 2.37. The lowest BCUT2D eigenvalue weighted by molar-refractivity contribution is -0.142. The first-order valence-electron chi connectivity index (χ1n) is 5.56. The molecule has 0 spiro atoms. The van der Waals surface area contributed by atoms with Gasteiger partial charge < -0.3 is 4.74 Å². The Labute approximate surface area is 107 Å². The van der Waals surface area contributed by atoms with Gasteiger partial charge in [0, 0.05) is 10.9 Å². The van der Waals surface area contributed by atoms with Crippen LogP contribution in [0.25, 0.3) is 0 Å². The number of esters is 1. The van der Waals surface area contributed by atoms with Crippen LogP contribution in [0.1, 0.15) is 25.5 Å². The molecule has 0 aliphatic heterocycles. The molecule has 0 fully saturated rings. The molecule has 1 aromatic rings. The van der Waals surface area contributed by atoms with Gasteiger partial charge in [0.25, 0.3) is 0 Å². The fourth-order valence-electron chi connectivity index (χ4n) is 1.61. The minimum atomic E-state index is -0.296. The van der Waals surface area contributed by atoms with Crippen molar-refractivity contribution in [3.63, 3.8) is 0 Å². The van der Waals surface area contributed by atoms with Crippen molar-refractivity contribution >= 4 is 17.7 Å². The Morgan fingerprint density at radius 2 is 1.88 bits per heavy atom. The Morgan fingerprint density at radius 3 is 2.35 bits per heavy atom. The summed E-state index contributed by atoms with van der Waals surface area (Å²) in [7, 11) is 1.40. The Bertz CT molecular complexity index is 364. The minimum absolute atomic E-state index is 0.125. The summed E-state index contributed by atoms with van der Waals surface area (Å²) in [5.41, 5.74) is 1.17. The van der Waals surface area contributed by atoms with Crippen LogP contribution in [0.15, 0.2) is 29.2 Å². The molecule has 0 heterocycles. The maximum absolute atomic E-state index is 11.3. The molecule has 1 aromatic carbocycles. The first-order valence-corrected chi connectivity index (χ1v) is 6.78. The number of methoxy groups -OCH3 is 1. The van der Waals surface area contributed by atoms with E-state index in [2.05, 4.69) is 40.6 Å². The number of thioether (sulfide) groups is 1. The maximum Gasteiger partial charge on any atom is 0.322 e. The SMILES string of the molecule is COC(=O)C(C)NC(C)c1ccc(SC)cc1. The smallest absolute Gasteiger partial charge is 0.322 e. The van der Waals surface area contributed by atoms with Gasteiger partial charge in [0.15, 0.2) is 0 Å². The Balaban J connectivity index is 2.62. The number of ether oxygens (including phenoxy) is 1. The molecule has 4 heteroatoms. The van der Waals surface area contributed by atoms with Crippen LogP contribution >= 0.6 is 11.8 Å². The Morgan fingerprint density at radius 1 is 1.29 bits per heavy atom. The zero-order chi connectivity index (χ0) is 12.8. The molecule has 0 aliphatic carbocycles. The van der Waals surface area contributed by atoms with E-state index in [1.165, 1.54) is 17.6 Å². The van der Waals surface area contributed by atoms with E-state index >= 15 is 0 Å². The van der Waals surface area contributed by atoms with Crippen molar-refractivity contribution < 1.29 is 9.53 Å². The van der Waals surface area contributed by atoms with Gasteiger partial charge in [-0.25, -0.2) is 0 Å². The summed E-state index contributed by atoms with van der Waals surface area (Å²) in [5.74, 6) is -0.238. The third-order valence-corrected chi connectivity index (χ3v) is 3.41. The summed E-state index contributed by atoms with van der Waals surface area (Å²) < 4.78 is 4.68. The number of rotatable bonds is 5. The molecule has 2 unspecified atom stereocenters. The first-order chi connectivity index (χ1) is 8.08. The van der Waals surface area contributed by atoms with Crippen LogP contribution in [0.2, 0.25) is 0 Å².